The van der Waals surface area contributed by atoms with Gasteiger partial charge in [0.25, 0.3) is 0 Å². The molecule has 7 heteroatoms. The molecule has 0 bridgehead atoms. The second kappa shape index (κ2) is 11.3. The van der Waals surface area contributed by atoms with E-state index in [4.69, 9.17) is 16.9 Å². The van der Waals surface area contributed by atoms with Gasteiger partial charge in [-0.1, -0.05) is 49.2 Å². The van der Waals surface area contributed by atoms with E-state index in [1.165, 1.54) is 6.07 Å². The van der Waals surface area contributed by atoms with Gasteiger partial charge in [-0.25, -0.2) is 17.1 Å². The molecule has 2 aromatic carbocycles. The fourth-order valence-electron chi connectivity index (χ4n) is 4.49. The molecule has 0 radical (unpaired) electrons. The normalized spacial score (nSPS) is 17.9. The highest BCUT2D eigenvalue weighted by Gasteiger charge is 2.32. The first-order chi connectivity index (χ1) is 15.3. The van der Waals surface area contributed by atoms with Crippen molar-refractivity contribution in [3.63, 3.8) is 0 Å². The molecule has 3 rings (SSSR count). The van der Waals surface area contributed by atoms with Gasteiger partial charge >= 0.3 is 0 Å². The third-order valence-electron chi connectivity index (χ3n) is 6.21. The van der Waals surface area contributed by atoms with Gasteiger partial charge in [0, 0.05) is 13.1 Å². The number of halogens is 2. The maximum Gasteiger partial charge on any atom is 0.214 e. The summed E-state index contributed by atoms with van der Waals surface area (Å²) < 4.78 is 41.2. The Bertz CT molecular complexity index is 1070. The van der Waals surface area contributed by atoms with Gasteiger partial charge in [0.1, 0.15) is 11.9 Å². The lowest BCUT2D eigenvalue weighted by atomic mass is 9.84. The fraction of sp³-hybridized carbons (Fsp3) is 0.480. The maximum absolute atomic E-state index is 14.4. The predicted molar refractivity (Wildman–Crippen MR) is 126 cm³/mol. The molecule has 32 heavy (non-hydrogen) atoms. The highest BCUT2D eigenvalue weighted by Crippen LogP contribution is 2.31. The first kappa shape index (κ1) is 24.7. The van der Waals surface area contributed by atoms with Crippen molar-refractivity contribution in [2.24, 2.45) is 11.8 Å². The smallest absolute Gasteiger partial charge is 0.212 e. The Morgan fingerprint density at radius 1 is 1.25 bits per heavy atom. The minimum absolute atomic E-state index is 0.138. The van der Waals surface area contributed by atoms with Crippen LogP contribution in [0.15, 0.2) is 42.5 Å². The number of hydrogen-bond donors (Lipinski definition) is 0. The summed E-state index contributed by atoms with van der Waals surface area (Å²) in [5.41, 5.74) is 2.10. The highest BCUT2D eigenvalue weighted by atomic mass is 35.5. The van der Waals surface area contributed by atoms with Gasteiger partial charge in [-0.15, -0.1) is 0 Å². The number of nitrogens with zero attached hydrogens (tertiary/aromatic N) is 2. The molecule has 1 saturated heterocycles. The SMILES string of the molecule is CCCCS(=O)(=O)N1CC[C@H](CC(Cc2ccc(C#N)c(Cl)c2)Cc2ccccc2F)C1. The van der Waals surface area contributed by atoms with Gasteiger partial charge in [-0.05, 0) is 73.3 Å². The van der Waals surface area contributed by atoms with Crippen molar-refractivity contribution in [2.75, 3.05) is 18.8 Å². The molecule has 4 nitrogen and oxygen atoms in total. The summed E-state index contributed by atoms with van der Waals surface area (Å²) in [6, 6.07) is 14.3. The molecule has 0 N–H and O–H groups in total. The van der Waals surface area contributed by atoms with Crippen molar-refractivity contribution in [1.29, 1.82) is 5.26 Å². The summed E-state index contributed by atoms with van der Waals surface area (Å²) >= 11 is 6.22. The minimum atomic E-state index is -3.20. The van der Waals surface area contributed by atoms with Gasteiger partial charge in [-0.2, -0.15) is 5.26 Å². The second-order valence-electron chi connectivity index (χ2n) is 8.71. The zero-order valence-corrected chi connectivity index (χ0v) is 20.0. The van der Waals surface area contributed by atoms with E-state index in [0.29, 0.717) is 48.5 Å². The van der Waals surface area contributed by atoms with Crippen molar-refractivity contribution in [2.45, 2.75) is 45.4 Å². The van der Waals surface area contributed by atoms with Crippen LogP contribution in [0.1, 0.15) is 49.3 Å². The first-order valence-electron chi connectivity index (χ1n) is 11.2. The summed E-state index contributed by atoms with van der Waals surface area (Å²) in [5, 5.41) is 9.54. The molecule has 2 atom stereocenters. The lowest BCUT2D eigenvalue weighted by Gasteiger charge is -2.22. The summed E-state index contributed by atoms with van der Waals surface area (Å²) in [5.74, 6) is 0.375. The summed E-state index contributed by atoms with van der Waals surface area (Å²) in [7, 11) is -3.20. The molecule has 0 saturated carbocycles. The molecule has 0 aliphatic carbocycles. The predicted octanol–water partition coefficient (Wildman–Crippen LogP) is 5.59. The van der Waals surface area contributed by atoms with E-state index in [1.807, 2.05) is 31.2 Å². The van der Waals surface area contributed by atoms with Crippen LogP contribution < -0.4 is 0 Å². The molecule has 1 aliphatic heterocycles. The molecule has 1 heterocycles. The number of unbranched alkanes of at least 4 members (excludes halogenated alkanes) is 1. The van der Waals surface area contributed by atoms with Crippen molar-refractivity contribution in [3.05, 3.63) is 70.0 Å². The Balaban J connectivity index is 1.74. The monoisotopic (exact) mass is 476 g/mol. The van der Waals surface area contributed by atoms with Crippen molar-refractivity contribution in [3.8, 4) is 6.07 Å². The molecule has 2 aromatic rings. The van der Waals surface area contributed by atoms with Crippen molar-refractivity contribution < 1.29 is 12.8 Å². The zero-order chi connectivity index (χ0) is 23.1. The standard InChI is InChI=1S/C25H30ClFN2O2S/c1-2-3-12-32(30,31)29-11-10-20(18-29)14-21(15-22-6-4-5-7-25(22)27)13-19-8-9-23(17-28)24(26)16-19/h4-9,16,20-21H,2-3,10-15,18H2,1H3/t20-,21?/m1/s1. The lowest BCUT2D eigenvalue weighted by molar-refractivity contribution is 0.365. The maximum atomic E-state index is 14.4. The molecule has 1 unspecified atom stereocenters. The summed E-state index contributed by atoms with van der Waals surface area (Å²) in [6.45, 7) is 3.09. The van der Waals surface area contributed by atoms with Crippen LogP contribution in [-0.4, -0.2) is 31.6 Å². The number of benzene rings is 2. The number of rotatable bonds is 10. The van der Waals surface area contributed by atoms with Gasteiger partial charge in [-0.3, -0.25) is 0 Å². The van der Waals surface area contributed by atoms with E-state index in [2.05, 4.69) is 6.07 Å². The Labute approximate surface area is 196 Å². The third-order valence-corrected chi connectivity index (χ3v) is 8.44. The lowest BCUT2D eigenvalue weighted by Crippen LogP contribution is -2.31. The van der Waals surface area contributed by atoms with E-state index in [-0.39, 0.29) is 23.4 Å². The van der Waals surface area contributed by atoms with Gasteiger partial charge in [0.05, 0.1) is 16.3 Å². The highest BCUT2D eigenvalue weighted by molar-refractivity contribution is 7.89. The molecular formula is C25H30ClFN2O2S. The number of hydrogen-bond acceptors (Lipinski definition) is 3. The second-order valence-corrected chi connectivity index (χ2v) is 11.2. The quantitative estimate of drug-likeness (QED) is 0.448. The molecule has 0 spiro atoms. The molecule has 0 amide bonds. The van der Waals surface area contributed by atoms with E-state index in [0.717, 1.165) is 24.8 Å². The Kier molecular flexibility index (Phi) is 8.70. The number of sulfonamides is 1. The van der Waals surface area contributed by atoms with Crippen LogP contribution in [0.3, 0.4) is 0 Å². The molecule has 1 aliphatic rings. The Morgan fingerprint density at radius 2 is 2.03 bits per heavy atom. The van der Waals surface area contributed by atoms with E-state index < -0.39 is 10.0 Å². The van der Waals surface area contributed by atoms with Crippen LogP contribution in [0.4, 0.5) is 4.39 Å². The van der Waals surface area contributed by atoms with Crippen molar-refractivity contribution in [1.82, 2.24) is 4.31 Å². The van der Waals surface area contributed by atoms with Gasteiger partial charge < -0.3 is 0 Å². The molecule has 1 fully saturated rings. The van der Waals surface area contributed by atoms with Crippen LogP contribution in [-0.2, 0) is 22.9 Å². The Hall–Kier alpha value is -1.94. The van der Waals surface area contributed by atoms with Crippen LogP contribution >= 0.6 is 11.6 Å². The van der Waals surface area contributed by atoms with Crippen LogP contribution in [0.5, 0.6) is 0 Å². The average Bonchev–Trinajstić information content (AvgIpc) is 3.23. The molecule has 0 aromatic heterocycles. The van der Waals surface area contributed by atoms with E-state index in [9.17, 15) is 12.8 Å². The first-order valence-corrected chi connectivity index (χ1v) is 13.2. The summed E-state index contributed by atoms with van der Waals surface area (Å²) in [4.78, 5) is 0. The third kappa shape index (κ3) is 6.54. The van der Waals surface area contributed by atoms with Gasteiger partial charge in [0.15, 0.2) is 0 Å². The minimum Gasteiger partial charge on any atom is -0.212 e. The summed E-state index contributed by atoms with van der Waals surface area (Å²) in [6.07, 6.45) is 4.44. The van der Waals surface area contributed by atoms with Crippen LogP contribution in [0.25, 0.3) is 0 Å². The fourth-order valence-corrected chi connectivity index (χ4v) is 6.47. The Morgan fingerprint density at radius 3 is 2.72 bits per heavy atom. The van der Waals surface area contributed by atoms with Crippen LogP contribution in [0, 0.1) is 29.0 Å². The molecule has 172 valence electrons. The largest absolute Gasteiger partial charge is 0.214 e. The van der Waals surface area contributed by atoms with E-state index in [1.54, 1.807) is 16.4 Å². The topological polar surface area (TPSA) is 61.2 Å². The number of nitriles is 1. The molecular weight excluding hydrogens is 447 g/mol. The van der Waals surface area contributed by atoms with Gasteiger partial charge in [0.2, 0.25) is 10.0 Å². The van der Waals surface area contributed by atoms with Crippen molar-refractivity contribution >= 4 is 21.6 Å². The average molecular weight is 477 g/mol. The van der Waals surface area contributed by atoms with E-state index >= 15 is 0 Å². The van der Waals surface area contributed by atoms with Crippen LogP contribution in [0.2, 0.25) is 5.02 Å². The zero-order valence-electron chi connectivity index (χ0n) is 18.4.